The summed E-state index contributed by atoms with van der Waals surface area (Å²) in [5.74, 6) is -0.233. The molecule has 4 rings (SSSR count). The molecule has 0 aliphatic carbocycles. The summed E-state index contributed by atoms with van der Waals surface area (Å²) >= 11 is 0. The quantitative estimate of drug-likeness (QED) is 0.321. The lowest BCUT2D eigenvalue weighted by atomic mass is 10.0. The Hall–Kier alpha value is -3.55. The molecule has 0 saturated carbocycles. The fourth-order valence-corrected chi connectivity index (χ4v) is 4.13. The number of fused-ring (bicyclic) bond motifs is 1. The number of aromatic nitrogens is 1. The highest BCUT2D eigenvalue weighted by molar-refractivity contribution is 7.83. The van der Waals surface area contributed by atoms with Crippen molar-refractivity contribution in [1.29, 1.82) is 0 Å². The smallest absolute Gasteiger partial charge is 0.318 e. The predicted molar refractivity (Wildman–Crippen MR) is 141 cm³/mol. The topological polar surface area (TPSA) is 88.5 Å². The summed E-state index contributed by atoms with van der Waals surface area (Å²) in [7, 11) is -1.56. The van der Waals surface area contributed by atoms with Crippen LogP contribution in [-0.2, 0) is 22.4 Å². The maximum Gasteiger partial charge on any atom is 0.318 e. The number of hydrogen-bond donors (Lipinski definition) is 2. The largest absolute Gasteiger partial charge is 0.488 e. The Morgan fingerprint density at radius 3 is 2.20 bits per heavy atom. The lowest BCUT2D eigenvalue weighted by Crippen LogP contribution is -2.24. The van der Waals surface area contributed by atoms with E-state index in [1.54, 1.807) is 12.1 Å². The fourth-order valence-electron chi connectivity index (χ4n) is 3.32. The third-order valence-electron chi connectivity index (χ3n) is 4.91. The van der Waals surface area contributed by atoms with E-state index in [1.165, 1.54) is 6.42 Å². The molecule has 3 aromatic carbocycles. The molecule has 0 saturated heterocycles. The van der Waals surface area contributed by atoms with Crippen LogP contribution in [0.5, 0.6) is 5.75 Å². The molecule has 0 fully saturated rings. The first-order valence-electron chi connectivity index (χ1n) is 11.5. The van der Waals surface area contributed by atoms with Gasteiger partial charge in [-0.1, -0.05) is 68.8 Å². The van der Waals surface area contributed by atoms with E-state index in [0.717, 1.165) is 39.0 Å². The average molecular weight is 491 g/mol. The van der Waals surface area contributed by atoms with Crippen molar-refractivity contribution in [2.75, 3.05) is 6.54 Å². The molecule has 0 spiro atoms. The average Bonchev–Trinajstić information content (AvgIpc) is 2.86. The normalized spacial score (nSPS) is 11.4. The minimum atomic E-state index is -1.56. The van der Waals surface area contributed by atoms with E-state index in [4.69, 9.17) is 9.84 Å². The monoisotopic (exact) mass is 490 g/mol. The Bertz CT molecular complexity index is 1290. The zero-order chi connectivity index (χ0) is 25.2. The summed E-state index contributed by atoms with van der Waals surface area (Å²) in [6, 6.07) is 25.2. The van der Waals surface area contributed by atoms with Crippen LogP contribution in [-0.4, -0.2) is 26.8 Å². The Balaban J connectivity index is 0.00000108. The predicted octanol–water partition coefficient (Wildman–Crippen LogP) is 5.90. The molecule has 182 valence electrons. The van der Waals surface area contributed by atoms with Gasteiger partial charge in [-0.25, -0.2) is 8.93 Å². The summed E-state index contributed by atoms with van der Waals surface area (Å²) in [6.45, 7) is 6.30. The number of benzene rings is 3. The van der Waals surface area contributed by atoms with Crippen molar-refractivity contribution in [3.05, 3.63) is 90.1 Å². The van der Waals surface area contributed by atoms with Gasteiger partial charge in [-0.15, -0.1) is 0 Å². The van der Waals surface area contributed by atoms with Crippen molar-refractivity contribution < 1.29 is 18.8 Å². The van der Waals surface area contributed by atoms with Crippen molar-refractivity contribution in [3.63, 3.8) is 0 Å². The molecule has 1 heterocycles. The fraction of sp³-hybridized carbons (Fsp3) is 0.214. The highest BCUT2D eigenvalue weighted by Gasteiger charge is 2.08. The van der Waals surface area contributed by atoms with E-state index < -0.39 is 17.0 Å². The summed E-state index contributed by atoms with van der Waals surface area (Å²) < 4.78 is 20.6. The number of ether oxygens (including phenoxy) is 1. The van der Waals surface area contributed by atoms with Crippen LogP contribution in [0.4, 0.5) is 0 Å². The molecule has 2 N–H and O–H groups in total. The van der Waals surface area contributed by atoms with Crippen LogP contribution in [0.15, 0.2) is 83.8 Å². The maximum atomic E-state index is 12.1. The van der Waals surface area contributed by atoms with Gasteiger partial charge in [0.25, 0.3) is 0 Å². The molecule has 0 amide bonds. The van der Waals surface area contributed by atoms with E-state index in [0.29, 0.717) is 11.5 Å². The van der Waals surface area contributed by atoms with Gasteiger partial charge in [-0.05, 0) is 47.9 Å². The molecule has 1 aromatic heterocycles. The van der Waals surface area contributed by atoms with Gasteiger partial charge in [0.1, 0.15) is 29.9 Å². The number of rotatable bonds is 8. The zero-order valence-electron chi connectivity index (χ0n) is 20.2. The van der Waals surface area contributed by atoms with Crippen molar-refractivity contribution in [2.45, 2.75) is 38.7 Å². The molecular formula is C28H30N2O4S. The molecule has 4 aromatic rings. The highest BCUT2D eigenvalue weighted by Crippen LogP contribution is 2.27. The molecule has 6 nitrogen and oxygen atoms in total. The summed E-state index contributed by atoms with van der Waals surface area (Å²) in [5, 5.41) is 9.67. The minimum Gasteiger partial charge on any atom is -0.488 e. The van der Waals surface area contributed by atoms with Gasteiger partial charge in [0.05, 0.1) is 10.4 Å². The van der Waals surface area contributed by atoms with Crippen LogP contribution in [0.3, 0.4) is 0 Å². The van der Waals surface area contributed by atoms with Gasteiger partial charge in [0, 0.05) is 17.1 Å². The number of para-hydroxylation sites is 1. The lowest BCUT2D eigenvalue weighted by Gasteiger charge is -2.11. The van der Waals surface area contributed by atoms with E-state index in [-0.39, 0.29) is 6.54 Å². The van der Waals surface area contributed by atoms with Crippen LogP contribution in [0.25, 0.3) is 22.0 Å². The molecular weight excluding hydrogens is 460 g/mol. The number of aliphatic carboxylic acids is 1. The Morgan fingerprint density at radius 2 is 1.57 bits per heavy atom. The van der Waals surface area contributed by atoms with E-state index >= 15 is 0 Å². The van der Waals surface area contributed by atoms with E-state index in [9.17, 15) is 9.00 Å². The molecule has 0 aliphatic rings. The van der Waals surface area contributed by atoms with Gasteiger partial charge >= 0.3 is 5.97 Å². The molecule has 7 heteroatoms. The van der Waals surface area contributed by atoms with Crippen molar-refractivity contribution in [1.82, 2.24) is 9.71 Å². The number of pyridine rings is 1. The molecule has 35 heavy (non-hydrogen) atoms. The van der Waals surface area contributed by atoms with Gasteiger partial charge in [0.2, 0.25) is 0 Å². The van der Waals surface area contributed by atoms with Crippen LogP contribution in [0.1, 0.15) is 31.5 Å². The molecule has 1 unspecified atom stereocenters. The van der Waals surface area contributed by atoms with Gasteiger partial charge in [0.15, 0.2) is 0 Å². The third kappa shape index (κ3) is 7.47. The van der Waals surface area contributed by atoms with Crippen LogP contribution in [0.2, 0.25) is 0 Å². The van der Waals surface area contributed by atoms with Crippen LogP contribution >= 0.6 is 0 Å². The number of nitrogens with zero attached hydrogens (tertiary/aromatic N) is 1. The standard InChI is InChI=1S/C25H22N2O4S.C3H8/c1-17-14-24(22-4-2-3-5-23(22)27-17)31-16-18-6-8-19(9-7-18)20-10-12-21(13-11-20)32(30)26-15-25(28)29;1-3-2/h2-14,26H,15-16H2,1H3,(H,28,29);3H2,1-2H3. The Labute approximate surface area is 208 Å². The molecule has 0 bridgehead atoms. The number of aryl methyl sites for hydroxylation is 1. The van der Waals surface area contributed by atoms with Gasteiger partial charge < -0.3 is 9.84 Å². The first kappa shape index (κ1) is 26.1. The summed E-state index contributed by atoms with van der Waals surface area (Å²) in [4.78, 5) is 15.7. The third-order valence-corrected chi connectivity index (χ3v) is 6.02. The first-order valence-corrected chi connectivity index (χ1v) is 12.6. The zero-order valence-corrected chi connectivity index (χ0v) is 21.0. The maximum absolute atomic E-state index is 12.1. The Morgan fingerprint density at radius 1 is 0.971 bits per heavy atom. The minimum absolute atomic E-state index is 0.354. The van der Waals surface area contributed by atoms with Crippen molar-refractivity contribution in [2.24, 2.45) is 0 Å². The molecule has 1 atom stereocenters. The van der Waals surface area contributed by atoms with Gasteiger partial charge in [-0.3, -0.25) is 9.78 Å². The van der Waals surface area contributed by atoms with Crippen LogP contribution in [0, 0.1) is 6.92 Å². The number of nitrogens with one attached hydrogen (secondary N) is 1. The number of carboxylic acid groups (broad SMARTS) is 1. The summed E-state index contributed by atoms with van der Waals surface area (Å²) in [5.41, 5.74) is 4.88. The number of carboxylic acids is 1. The first-order chi connectivity index (χ1) is 16.9. The lowest BCUT2D eigenvalue weighted by molar-refractivity contribution is -0.135. The highest BCUT2D eigenvalue weighted by atomic mass is 32.2. The van der Waals surface area contributed by atoms with Crippen molar-refractivity contribution in [3.8, 4) is 16.9 Å². The SMILES string of the molecule is CCC.Cc1cc(OCc2ccc(-c3ccc(S(=O)NCC(=O)O)cc3)cc2)c2ccccc2n1. The van der Waals surface area contributed by atoms with Crippen molar-refractivity contribution >= 4 is 27.9 Å². The van der Waals surface area contributed by atoms with Gasteiger partial charge in [-0.2, -0.15) is 0 Å². The van der Waals surface area contributed by atoms with E-state index in [1.807, 2.05) is 73.7 Å². The second-order valence-corrected chi connectivity index (χ2v) is 9.28. The summed E-state index contributed by atoms with van der Waals surface area (Å²) in [6.07, 6.45) is 1.25. The number of carbonyl (C=O) groups is 1. The molecule has 0 radical (unpaired) electrons. The second kappa shape index (κ2) is 12.8. The van der Waals surface area contributed by atoms with Crippen LogP contribution < -0.4 is 9.46 Å². The second-order valence-electron chi connectivity index (χ2n) is 7.98. The Kier molecular flexibility index (Phi) is 9.52. The molecule has 0 aliphatic heterocycles. The van der Waals surface area contributed by atoms with E-state index in [2.05, 4.69) is 23.6 Å². The number of hydrogen-bond acceptors (Lipinski definition) is 4.